The molecule has 1 fully saturated rings. The highest BCUT2D eigenvalue weighted by Gasteiger charge is 2.12. The largest absolute Gasteiger partial charge is 0.254 e. The van der Waals surface area contributed by atoms with Crippen LogP contribution < -0.4 is 0 Å². The highest BCUT2D eigenvalue weighted by molar-refractivity contribution is 9.10. The Kier molecular flexibility index (Phi) is 8.76. The van der Waals surface area contributed by atoms with Gasteiger partial charge >= 0.3 is 0 Å². The van der Waals surface area contributed by atoms with E-state index in [1.807, 2.05) is 24.3 Å². The van der Waals surface area contributed by atoms with Gasteiger partial charge in [-0.15, -0.1) is 0 Å². The van der Waals surface area contributed by atoms with Crippen molar-refractivity contribution in [3.63, 3.8) is 0 Å². The smallest absolute Gasteiger partial charge is 0.0529 e. The topological polar surface area (TPSA) is 17.1 Å². The predicted molar refractivity (Wildman–Crippen MR) is 99.7 cm³/mol. The molecule has 1 aliphatic rings. The van der Waals surface area contributed by atoms with Gasteiger partial charge in [0.1, 0.15) is 0 Å². The minimum atomic E-state index is -0.835. The van der Waals surface area contributed by atoms with Crippen LogP contribution in [0.15, 0.2) is 33.6 Å². The molecule has 0 bridgehead atoms. The van der Waals surface area contributed by atoms with Crippen molar-refractivity contribution in [2.24, 2.45) is 5.92 Å². The van der Waals surface area contributed by atoms with E-state index >= 15 is 0 Å². The van der Waals surface area contributed by atoms with Crippen LogP contribution in [0, 0.1) is 5.92 Å². The molecule has 1 aromatic rings. The van der Waals surface area contributed by atoms with Crippen molar-refractivity contribution in [2.45, 2.75) is 75.5 Å². The zero-order valence-corrected chi connectivity index (χ0v) is 16.0. The van der Waals surface area contributed by atoms with E-state index in [1.165, 1.54) is 64.2 Å². The third-order valence-electron chi connectivity index (χ3n) is 4.76. The van der Waals surface area contributed by atoms with E-state index in [9.17, 15) is 4.21 Å². The molecule has 124 valence electrons. The molecule has 1 nitrogen and oxygen atoms in total. The molecule has 1 saturated carbocycles. The van der Waals surface area contributed by atoms with Crippen molar-refractivity contribution in [3.8, 4) is 0 Å². The highest BCUT2D eigenvalue weighted by Crippen LogP contribution is 2.24. The first kappa shape index (κ1) is 18.2. The minimum Gasteiger partial charge on any atom is -0.254 e. The summed E-state index contributed by atoms with van der Waals surface area (Å²) in [5.74, 6) is 1.62. The third-order valence-corrected chi connectivity index (χ3v) is 6.70. The molecule has 1 atom stereocenters. The first-order chi connectivity index (χ1) is 10.8. The maximum atomic E-state index is 12.4. The summed E-state index contributed by atoms with van der Waals surface area (Å²) in [7, 11) is -0.835. The lowest BCUT2D eigenvalue weighted by Crippen LogP contribution is -2.07. The Morgan fingerprint density at radius 3 is 1.91 bits per heavy atom. The standard InChI is InChI=1S/C19H29BrOS/c20-18-11-13-19(14-12-18)22(21)16-15-17-9-7-5-3-1-2-4-6-8-10-17/h11-14,17H,1-10,15-16H2. The average Bonchev–Trinajstić information content (AvgIpc) is 2.59. The maximum absolute atomic E-state index is 12.4. The van der Waals surface area contributed by atoms with Gasteiger partial charge in [-0.05, 0) is 36.6 Å². The fourth-order valence-corrected chi connectivity index (χ4v) is 4.82. The number of hydrogen-bond donors (Lipinski definition) is 0. The molecule has 1 unspecified atom stereocenters. The summed E-state index contributed by atoms with van der Waals surface area (Å²) >= 11 is 3.43. The van der Waals surface area contributed by atoms with Crippen molar-refractivity contribution < 1.29 is 4.21 Å². The summed E-state index contributed by atoms with van der Waals surface area (Å²) in [5.41, 5.74) is 0. The van der Waals surface area contributed by atoms with Gasteiger partial charge in [-0.1, -0.05) is 80.1 Å². The van der Waals surface area contributed by atoms with Gasteiger partial charge in [-0.2, -0.15) is 0 Å². The number of rotatable bonds is 4. The lowest BCUT2D eigenvalue weighted by Gasteiger charge is -2.16. The van der Waals surface area contributed by atoms with Gasteiger partial charge in [0.25, 0.3) is 0 Å². The van der Waals surface area contributed by atoms with Gasteiger partial charge in [0.2, 0.25) is 0 Å². The summed E-state index contributed by atoms with van der Waals surface area (Å²) in [6.45, 7) is 0. The van der Waals surface area contributed by atoms with E-state index in [0.717, 1.165) is 27.5 Å². The summed E-state index contributed by atoms with van der Waals surface area (Å²) in [6, 6.07) is 7.94. The van der Waals surface area contributed by atoms with Crippen LogP contribution in [-0.2, 0) is 10.8 Å². The summed E-state index contributed by atoms with van der Waals surface area (Å²) in [4.78, 5) is 0.972. The molecule has 1 aromatic carbocycles. The first-order valence-electron chi connectivity index (χ1n) is 8.89. The third kappa shape index (κ3) is 6.95. The SMILES string of the molecule is O=S(CCC1CCCCCCCCCC1)c1ccc(Br)cc1. The van der Waals surface area contributed by atoms with E-state index in [1.54, 1.807) is 0 Å². The van der Waals surface area contributed by atoms with E-state index in [2.05, 4.69) is 15.9 Å². The Morgan fingerprint density at radius 1 is 0.864 bits per heavy atom. The Bertz CT molecular complexity index is 431. The Labute approximate surface area is 146 Å². The van der Waals surface area contributed by atoms with E-state index in [4.69, 9.17) is 0 Å². The minimum absolute atomic E-state index is 0.789. The van der Waals surface area contributed by atoms with Gasteiger partial charge < -0.3 is 0 Å². The predicted octanol–water partition coefficient (Wildman–Crippen LogP) is 6.48. The average molecular weight is 385 g/mol. The molecule has 0 radical (unpaired) electrons. The zero-order chi connectivity index (χ0) is 15.6. The van der Waals surface area contributed by atoms with Crippen molar-refractivity contribution >= 4 is 26.7 Å². The Morgan fingerprint density at radius 2 is 1.36 bits per heavy atom. The molecule has 3 heteroatoms. The van der Waals surface area contributed by atoms with Crippen molar-refractivity contribution in [1.29, 1.82) is 0 Å². The molecule has 0 spiro atoms. The van der Waals surface area contributed by atoms with Crippen LogP contribution in [-0.4, -0.2) is 9.96 Å². The number of hydrogen-bond acceptors (Lipinski definition) is 1. The van der Waals surface area contributed by atoms with E-state index in [0.29, 0.717) is 0 Å². The molecule has 0 N–H and O–H groups in total. The van der Waals surface area contributed by atoms with Crippen molar-refractivity contribution in [2.75, 3.05) is 5.75 Å². The quantitative estimate of drug-likeness (QED) is 0.580. The van der Waals surface area contributed by atoms with Gasteiger partial charge in [0.05, 0.1) is 10.8 Å². The molecule has 0 amide bonds. The summed E-state index contributed by atoms with van der Waals surface area (Å²) < 4.78 is 13.5. The van der Waals surface area contributed by atoms with E-state index in [-0.39, 0.29) is 0 Å². The molecule has 0 aromatic heterocycles. The highest BCUT2D eigenvalue weighted by atomic mass is 79.9. The number of halogens is 1. The van der Waals surface area contributed by atoms with Crippen molar-refractivity contribution in [1.82, 2.24) is 0 Å². The van der Waals surface area contributed by atoms with Gasteiger partial charge in [0, 0.05) is 15.1 Å². The van der Waals surface area contributed by atoms with Gasteiger partial charge in [0.15, 0.2) is 0 Å². The molecule has 1 aliphatic carbocycles. The van der Waals surface area contributed by atoms with Crippen LogP contribution in [0.5, 0.6) is 0 Å². The van der Waals surface area contributed by atoms with E-state index < -0.39 is 10.8 Å². The summed E-state index contributed by atoms with van der Waals surface area (Å²) in [6.07, 6.45) is 15.0. The van der Waals surface area contributed by atoms with Crippen LogP contribution in [0.1, 0.15) is 70.6 Å². The summed E-state index contributed by atoms with van der Waals surface area (Å²) in [5, 5.41) is 0. The van der Waals surface area contributed by atoms with Crippen molar-refractivity contribution in [3.05, 3.63) is 28.7 Å². The lowest BCUT2D eigenvalue weighted by atomic mass is 9.93. The Hall–Kier alpha value is -0.150. The molecular weight excluding hydrogens is 356 g/mol. The first-order valence-corrected chi connectivity index (χ1v) is 11.0. The second-order valence-corrected chi connectivity index (χ2v) is 9.05. The maximum Gasteiger partial charge on any atom is 0.0529 e. The normalized spacial score (nSPS) is 20.2. The Balaban J connectivity index is 1.79. The fraction of sp³-hybridized carbons (Fsp3) is 0.684. The van der Waals surface area contributed by atoms with Crippen LogP contribution in [0.2, 0.25) is 0 Å². The zero-order valence-electron chi connectivity index (χ0n) is 13.6. The fourth-order valence-electron chi connectivity index (χ4n) is 3.34. The molecule has 0 aliphatic heterocycles. The molecule has 2 rings (SSSR count). The lowest BCUT2D eigenvalue weighted by molar-refractivity contribution is 0.404. The van der Waals surface area contributed by atoms with Crippen LogP contribution in [0.25, 0.3) is 0 Å². The number of benzene rings is 1. The van der Waals surface area contributed by atoms with Crippen LogP contribution in [0.4, 0.5) is 0 Å². The molecule has 22 heavy (non-hydrogen) atoms. The van der Waals surface area contributed by atoms with Gasteiger partial charge in [-0.25, -0.2) is 0 Å². The molecular formula is C19H29BrOS. The molecule has 0 saturated heterocycles. The second-order valence-electron chi connectivity index (χ2n) is 6.56. The van der Waals surface area contributed by atoms with Crippen LogP contribution >= 0.6 is 15.9 Å². The monoisotopic (exact) mass is 384 g/mol. The molecule has 0 heterocycles. The van der Waals surface area contributed by atoms with Crippen LogP contribution in [0.3, 0.4) is 0 Å². The second kappa shape index (κ2) is 10.6. The van der Waals surface area contributed by atoms with Gasteiger partial charge in [-0.3, -0.25) is 4.21 Å².